The molecular formula is C14H18N2O6S2. The largest absolute Gasteiger partial charge is 0.377 e. The summed E-state index contributed by atoms with van der Waals surface area (Å²) in [7, 11) is -7.37. The molecule has 1 amide bonds. The Hall–Kier alpha value is -1.49. The van der Waals surface area contributed by atoms with Gasteiger partial charge in [0, 0.05) is 19.6 Å². The lowest BCUT2D eigenvalue weighted by Gasteiger charge is -2.16. The van der Waals surface area contributed by atoms with Crippen LogP contribution < -0.4 is 9.03 Å². The number of sulfonamides is 2. The van der Waals surface area contributed by atoms with E-state index in [1.165, 1.54) is 24.3 Å². The molecule has 132 valence electrons. The second kappa shape index (κ2) is 6.43. The number of hydrogen-bond acceptors (Lipinski definition) is 6. The second-order valence-corrected chi connectivity index (χ2v) is 9.41. The number of hydrogen-bond donors (Lipinski definition) is 1. The van der Waals surface area contributed by atoms with E-state index in [0.717, 1.165) is 17.1 Å². The molecule has 0 bridgehead atoms. The van der Waals surface area contributed by atoms with Crippen molar-refractivity contribution in [2.24, 2.45) is 0 Å². The summed E-state index contributed by atoms with van der Waals surface area (Å²) in [4.78, 5) is 11.7. The van der Waals surface area contributed by atoms with Crippen LogP contribution in [-0.4, -0.2) is 47.8 Å². The monoisotopic (exact) mass is 374 g/mol. The number of anilines is 1. The minimum absolute atomic E-state index is 0.00768. The third kappa shape index (κ3) is 3.46. The lowest BCUT2D eigenvalue weighted by atomic mass is 10.2. The average Bonchev–Trinajstić information content (AvgIpc) is 3.14. The number of nitrogens with one attached hydrogen (secondary N) is 1. The lowest BCUT2D eigenvalue weighted by Crippen LogP contribution is -2.32. The van der Waals surface area contributed by atoms with Gasteiger partial charge in [0.15, 0.2) is 0 Å². The van der Waals surface area contributed by atoms with E-state index in [-0.39, 0.29) is 35.4 Å². The zero-order valence-electron chi connectivity index (χ0n) is 12.8. The number of carbonyl (C=O) groups is 1. The molecule has 0 unspecified atom stereocenters. The average molecular weight is 374 g/mol. The highest BCUT2D eigenvalue weighted by Gasteiger charge is 2.36. The molecule has 2 aliphatic heterocycles. The maximum absolute atomic E-state index is 12.2. The van der Waals surface area contributed by atoms with Crippen molar-refractivity contribution in [3.05, 3.63) is 24.3 Å². The first-order valence-corrected chi connectivity index (χ1v) is 10.7. The van der Waals surface area contributed by atoms with Gasteiger partial charge in [-0.1, -0.05) is 0 Å². The number of rotatable bonds is 5. The van der Waals surface area contributed by atoms with E-state index in [1.54, 1.807) is 0 Å². The summed E-state index contributed by atoms with van der Waals surface area (Å²) in [6.07, 6.45) is 1.55. The van der Waals surface area contributed by atoms with Crippen LogP contribution in [0.1, 0.15) is 19.3 Å². The van der Waals surface area contributed by atoms with Crippen molar-refractivity contribution in [3.8, 4) is 0 Å². The molecule has 0 radical (unpaired) electrons. The Morgan fingerprint density at radius 1 is 1.25 bits per heavy atom. The normalized spacial score (nSPS) is 23.8. The van der Waals surface area contributed by atoms with Crippen LogP contribution in [0.2, 0.25) is 0 Å². The Kier molecular flexibility index (Phi) is 4.65. The number of ether oxygens (including phenoxy) is 1. The Morgan fingerprint density at radius 2 is 1.96 bits per heavy atom. The highest BCUT2D eigenvalue weighted by atomic mass is 32.2. The quantitative estimate of drug-likeness (QED) is 0.789. The van der Waals surface area contributed by atoms with Gasteiger partial charge in [0.2, 0.25) is 26.0 Å². The van der Waals surface area contributed by atoms with Gasteiger partial charge in [-0.2, -0.15) is 0 Å². The topological polar surface area (TPSA) is 110 Å². The molecule has 3 rings (SSSR count). The van der Waals surface area contributed by atoms with E-state index in [2.05, 4.69) is 4.72 Å². The molecule has 0 saturated carbocycles. The van der Waals surface area contributed by atoms with Crippen molar-refractivity contribution in [2.75, 3.05) is 23.2 Å². The molecular weight excluding hydrogens is 356 g/mol. The van der Waals surface area contributed by atoms with E-state index in [4.69, 9.17) is 4.74 Å². The van der Waals surface area contributed by atoms with Gasteiger partial charge in [-0.25, -0.2) is 25.9 Å². The second-order valence-electron chi connectivity index (χ2n) is 5.70. The molecule has 1 aromatic rings. The molecule has 1 atom stereocenters. The zero-order chi connectivity index (χ0) is 17.4. The Balaban J connectivity index is 1.75. The summed E-state index contributed by atoms with van der Waals surface area (Å²) in [6, 6.07) is 5.21. The van der Waals surface area contributed by atoms with Gasteiger partial charge in [0.05, 0.1) is 22.4 Å². The lowest BCUT2D eigenvalue weighted by molar-refractivity contribution is -0.116. The van der Waals surface area contributed by atoms with Gasteiger partial charge in [0.1, 0.15) is 0 Å². The summed E-state index contributed by atoms with van der Waals surface area (Å²) in [5.41, 5.74) is 0.149. The third-order valence-electron chi connectivity index (χ3n) is 3.99. The minimum atomic E-state index is -3.71. The SMILES string of the molecule is O=C1CCS(=O)(=O)N1c1ccc(S(=O)(=O)NC[C@@H]2CCCO2)cc1. The molecule has 2 fully saturated rings. The number of carbonyl (C=O) groups excluding carboxylic acids is 1. The van der Waals surface area contributed by atoms with Crippen LogP contribution in [-0.2, 0) is 29.6 Å². The standard InChI is InChI=1S/C14H18N2O6S2/c17-14-7-9-23(18,19)16(14)11-3-5-13(6-4-11)24(20,21)15-10-12-2-1-8-22-12/h3-6,12,15H,1-2,7-10H2/t12-/m0/s1. The van der Waals surface area contributed by atoms with Crippen LogP contribution >= 0.6 is 0 Å². The highest BCUT2D eigenvalue weighted by Crippen LogP contribution is 2.26. The Labute approximate surface area is 140 Å². The number of amides is 1. The first-order chi connectivity index (χ1) is 11.3. The predicted molar refractivity (Wildman–Crippen MR) is 86.5 cm³/mol. The first-order valence-electron chi connectivity index (χ1n) is 7.57. The van der Waals surface area contributed by atoms with Gasteiger partial charge in [-0.3, -0.25) is 4.79 Å². The maximum Gasteiger partial charge on any atom is 0.242 e. The molecule has 1 N–H and O–H groups in total. The van der Waals surface area contributed by atoms with Crippen LogP contribution in [0.15, 0.2) is 29.2 Å². The number of nitrogens with zero attached hydrogens (tertiary/aromatic N) is 1. The molecule has 2 aliphatic rings. The maximum atomic E-state index is 12.2. The van der Waals surface area contributed by atoms with Crippen LogP contribution in [0.3, 0.4) is 0 Å². The van der Waals surface area contributed by atoms with E-state index in [1.807, 2.05) is 0 Å². The molecule has 24 heavy (non-hydrogen) atoms. The van der Waals surface area contributed by atoms with Crippen molar-refractivity contribution in [1.82, 2.24) is 4.72 Å². The molecule has 10 heteroatoms. The van der Waals surface area contributed by atoms with Crippen molar-refractivity contribution < 1.29 is 26.4 Å². The fourth-order valence-electron chi connectivity index (χ4n) is 2.72. The number of benzene rings is 1. The predicted octanol–water partition coefficient (Wildman–Crippen LogP) is 0.210. The van der Waals surface area contributed by atoms with Gasteiger partial charge in [-0.15, -0.1) is 0 Å². The van der Waals surface area contributed by atoms with Crippen molar-refractivity contribution in [2.45, 2.75) is 30.3 Å². The minimum Gasteiger partial charge on any atom is -0.377 e. The molecule has 0 spiro atoms. The molecule has 0 aromatic heterocycles. The molecule has 8 nitrogen and oxygen atoms in total. The summed E-state index contributed by atoms with van der Waals surface area (Å²) < 4.78 is 56.8. The molecule has 0 aliphatic carbocycles. The highest BCUT2D eigenvalue weighted by molar-refractivity contribution is 7.94. The summed E-state index contributed by atoms with van der Waals surface area (Å²) in [5, 5.41) is 0. The van der Waals surface area contributed by atoms with Gasteiger partial charge >= 0.3 is 0 Å². The fourth-order valence-corrected chi connectivity index (χ4v) is 5.25. The van der Waals surface area contributed by atoms with E-state index in [0.29, 0.717) is 6.61 Å². The van der Waals surface area contributed by atoms with Crippen molar-refractivity contribution in [3.63, 3.8) is 0 Å². The van der Waals surface area contributed by atoms with Crippen LogP contribution in [0, 0.1) is 0 Å². The van der Waals surface area contributed by atoms with Crippen molar-refractivity contribution >= 4 is 31.6 Å². The summed E-state index contributed by atoms with van der Waals surface area (Å²) in [5.74, 6) is -0.739. The molecule has 2 heterocycles. The smallest absolute Gasteiger partial charge is 0.242 e. The van der Waals surface area contributed by atoms with Gasteiger partial charge < -0.3 is 4.74 Å². The Morgan fingerprint density at radius 3 is 2.50 bits per heavy atom. The van der Waals surface area contributed by atoms with E-state index < -0.39 is 26.0 Å². The van der Waals surface area contributed by atoms with E-state index >= 15 is 0 Å². The van der Waals surface area contributed by atoms with Gasteiger partial charge in [-0.05, 0) is 37.1 Å². The first kappa shape index (κ1) is 17.3. The fraction of sp³-hybridized carbons (Fsp3) is 0.500. The third-order valence-corrected chi connectivity index (χ3v) is 7.12. The van der Waals surface area contributed by atoms with Crippen LogP contribution in [0.4, 0.5) is 5.69 Å². The van der Waals surface area contributed by atoms with Crippen molar-refractivity contribution in [1.29, 1.82) is 0 Å². The molecule has 2 saturated heterocycles. The molecule has 1 aromatic carbocycles. The van der Waals surface area contributed by atoms with E-state index in [9.17, 15) is 21.6 Å². The summed E-state index contributed by atoms with van der Waals surface area (Å²) >= 11 is 0. The Bertz CT molecular complexity index is 827. The van der Waals surface area contributed by atoms with Gasteiger partial charge in [0.25, 0.3) is 0 Å². The van der Waals surface area contributed by atoms with Crippen LogP contribution in [0.25, 0.3) is 0 Å². The zero-order valence-corrected chi connectivity index (χ0v) is 14.5. The summed E-state index contributed by atoms with van der Waals surface area (Å²) in [6.45, 7) is 0.836. The van der Waals surface area contributed by atoms with Crippen LogP contribution in [0.5, 0.6) is 0 Å².